The summed E-state index contributed by atoms with van der Waals surface area (Å²) >= 11 is 1.59. The van der Waals surface area contributed by atoms with Crippen LogP contribution in [0, 0.1) is 11.3 Å². The number of aromatic nitrogens is 3. The standard InChI is InChI=1S/C38H52N8O9S2/c1-36(2,52)30-18-40-43-46(30)26-17-29(34(50)42-38(31(47)32(39)48)12-14-56-15-13-38)45(19-26)35(51)28(16-24-6-4-3-5-7-24)41-33(49)25-8-10-27(11-9-25)57(53,54)44-20-37(21-44)22-55-23-37/h8-11,18,24,26,28-29,52H,3-7,12-17,19-23H2,1-2H3,(H2,39,48)(H,41,49)(H,42,50)/t26-,28+,29-/m0/s1. The number of amides is 4. The second-order valence-corrected chi connectivity index (χ2v) is 20.1. The topological polar surface area (TPSA) is 236 Å². The Balaban J connectivity index is 1.15. The summed E-state index contributed by atoms with van der Waals surface area (Å²) in [6.45, 7) is 4.98. The molecule has 5 fully saturated rings. The van der Waals surface area contributed by atoms with Crippen LogP contribution < -0.4 is 16.4 Å². The zero-order valence-electron chi connectivity index (χ0n) is 32.4. The molecule has 5 aliphatic rings. The quantitative estimate of drug-likeness (QED) is 0.206. The van der Waals surface area contributed by atoms with Gasteiger partial charge in [0.25, 0.3) is 11.8 Å². The zero-order valence-corrected chi connectivity index (χ0v) is 34.0. The largest absolute Gasteiger partial charge is 0.384 e. The molecule has 1 saturated carbocycles. The molecule has 4 saturated heterocycles. The summed E-state index contributed by atoms with van der Waals surface area (Å²) in [6.07, 6.45) is 6.94. The Morgan fingerprint density at radius 1 is 1.05 bits per heavy atom. The molecule has 0 radical (unpaired) electrons. The van der Waals surface area contributed by atoms with E-state index < -0.39 is 68.7 Å². The van der Waals surface area contributed by atoms with Gasteiger partial charge in [-0.1, -0.05) is 37.3 Å². The van der Waals surface area contributed by atoms with E-state index in [1.165, 1.54) is 44.3 Å². The van der Waals surface area contributed by atoms with Crippen LogP contribution in [0.15, 0.2) is 35.4 Å². The lowest BCUT2D eigenvalue weighted by molar-refractivity contribution is -0.166. The lowest BCUT2D eigenvalue weighted by Gasteiger charge is -2.53. The van der Waals surface area contributed by atoms with Gasteiger partial charge < -0.3 is 31.1 Å². The van der Waals surface area contributed by atoms with Crippen molar-refractivity contribution in [2.45, 2.75) is 106 Å². The number of sulfonamides is 1. The normalized spacial score (nSPS) is 24.2. The summed E-state index contributed by atoms with van der Waals surface area (Å²) in [4.78, 5) is 70.1. The van der Waals surface area contributed by atoms with Crippen molar-refractivity contribution < 1.29 is 42.2 Å². The minimum atomic E-state index is -3.76. The summed E-state index contributed by atoms with van der Waals surface area (Å²) in [5.74, 6) is -2.63. The molecule has 57 heavy (non-hydrogen) atoms. The molecule has 310 valence electrons. The molecular weight excluding hydrogens is 777 g/mol. The van der Waals surface area contributed by atoms with Gasteiger partial charge in [-0.2, -0.15) is 16.1 Å². The molecule has 2 aromatic rings. The number of carbonyl (C=O) groups is 5. The fourth-order valence-corrected chi connectivity index (χ4v) is 11.8. The average molecular weight is 829 g/mol. The lowest BCUT2D eigenvalue weighted by Crippen LogP contribution is -2.66. The second-order valence-electron chi connectivity index (χ2n) is 17.0. The van der Waals surface area contributed by atoms with Gasteiger partial charge in [0.2, 0.25) is 27.6 Å². The maximum Gasteiger partial charge on any atom is 0.287 e. The van der Waals surface area contributed by atoms with E-state index in [9.17, 15) is 37.5 Å². The van der Waals surface area contributed by atoms with E-state index in [2.05, 4.69) is 20.9 Å². The highest BCUT2D eigenvalue weighted by atomic mass is 32.2. The van der Waals surface area contributed by atoms with Crippen molar-refractivity contribution in [2.75, 3.05) is 44.4 Å². The molecule has 0 bridgehead atoms. The Morgan fingerprint density at radius 2 is 1.72 bits per heavy atom. The molecular formula is C38H52N8O9S2. The number of hydrogen-bond donors (Lipinski definition) is 4. The number of benzene rings is 1. The number of hydrogen-bond acceptors (Lipinski definition) is 12. The summed E-state index contributed by atoms with van der Waals surface area (Å²) < 4.78 is 34.7. The first-order valence-corrected chi connectivity index (χ1v) is 22.3. The van der Waals surface area contributed by atoms with Crippen LogP contribution in [0.4, 0.5) is 0 Å². The van der Waals surface area contributed by atoms with E-state index >= 15 is 0 Å². The van der Waals surface area contributed by atoms with Crippen molar-refractivity contribution >= 4 is 51.2 Å². The van der Waals surface area contributed by atoms with Crippen LogP contribution in [-0.2, 0) is 39.5 Å². The number of nitrogens with one attached hydrogen (secondary N) is 2. The number of rotatable bonds is 13. The number of nitrogens with zero attached hydrogens (tertiary/aromatic N) is 5. The number of aliphatic hydroxyl groups is 1. The molecule has 3 atom stereocenters. The molecule has 19 heteroatoms. The molecule has 1 aromatic heterocycles. The van der Waals surface area contributed by atoms with Crippen molar-refractivity contribution in [3.8, 4) is 0 Å². The minimum Gasteiger partial charge on any atom is -0.384 e. The molecule has 1 spiro atoms. The highest BCUT2D eigenvalue weighted by Gasteiger charge is 2.53. The van der Waals surface area contributed by atoms with Gasteiger partial charge in [-0.15, -0.1) is 5.10 Å². The summed E-state index contributed by atoms with van der Waals surface area (Å²) in [5.41, 5.74) is 3.01. The van der Waals surface area contributed by atoms with Crippen LogP contribution in [0.3, 0.4) is 0 Å². The van der Waals surface area contributed by atoms with Gasteiger partial charge in [-0.25, -0.2) is 13.1 Å². The fraction of sp³-hybridized carbons (Fsp3) is 0.658. The molecule has 5 heterocycles. The molecule has 0 unspecified atom stereocenters. The van der Waals surface area contributed by atoms with E-state index in [0.29, 0.717) is 49.9 Å². The van der Waals surface area contributed by atoms with Crippen LogP contribution in [0.2, 0.25) is 0 Å². The number of primary amides is 1. The lowest BCUT2D eigenvalue weighted by atomic mass is 9.80. The van der Waals surface area contributed by atoms with Gasteiger partial charge in [-0.05, 0) is 74.8 Å². The molecule has 4 aliphatic heterocycles. The van der Waals surface area contributed by atoms with E-state index in [0.717, 1.165) is 32.1 Å². The number of carbonyl (C=O) groups excluding carboxylic acids is 5. The monoisotopic (exact) mass is 828 g/mol. The molecule has 4 amide bonds. The van der Waals surface area contributed by atoms with Gasteiger partial charge in [0, 0.05) is 37.0 Å². The van der Waals surface area contributed by atoms with Crippen LogP contribution in [0.5, 0.6) is 0 Å². The van der Waals surface area contributed by atoms with Crippen LogP contribution in [0.25, 0.3) is 0 Å². The Bertz CT molecular complexity index is 1980. The van der Waals surface area contributed by atoms with E-state index in [4.69, 9.17) is 10.5 Å². The van der Waals surface area contributed by atoms with Crippen molar-refractivity contribution in [3.63, 3.8) is 0 Å². The first-order chi connectivity index (χ1) is 27.0. The number of Topliss-reactive ketones (excluding diaryl/α,β-unsaturated/α-hetero) is 1. The third-order valence-corrected chi connectivity index (χ3v) is 15.1. The smallest absolute Gasteiger partial charge is 0.287 e. The summed E-state index contributed by atoms with van der Waals surface area (Å²) in [6, 6.07) is 2.82. The van der Waals surface area contributed by atoms with Gasteiger partial charge in [-0.3, -0.25) is 24.0 Å². The van der Waals surface area contributed by atoms with Gasteiger partial charge in [0.1, 0.15) is 23.2 Å². The molecule has 1 aliphatic carbocycles. The summed E-state index contributed by atoms with van der Waals surface area (Å²) in [5, 5.41) is 24.9. The van der Waals surface area contributed by atoms with Gasteiger partial charge in [0.05, 0.1) is 36.0 Å². The Kier molecular flexibility index (Phi) is 11.6. The predicted octanol–water partition coefficient (Wildman–Crippen LogP) is 0.874. The zero-order chi connectivity index (χ0) is 40.8. The molecule has 17 nitrogen and oxygen atoms in total. The third kappa shape index (κ3) is 8.35. The first kappa shape index (κ1) is 41.3. The Hall–Kier alpha value is -3.91. The maximum absolute atomic E-state index is 14.9. The van der Waals surface area contributed by atoms with Gasteiger partial charge in [0.15, 0.2) is 0 Å². The van der Waals surface area contributed by atoms with Crippen LogP contribution in [-0.4, -0.2) is 129 Å². The van der Waals surface area contributed by atoms with Crippen molar-refractivity contribution in [2.24, 2.45) is 17.1 Å². The maximum atomic E-state index is 14.9. The Morgan fingerprint density at radius 3 is 2.32 bits per heavy atom. The number of thioether (sulfide) groups is 1. The fourth-order valence-electron chi connectivity index (χ4n) is 8.91. The highest BCUT2D eigenvalue weighted by Crippen LogP contribution is 2.41. The second kappa shape index (κ2) is 16.0. The van der Waals surface area contributed by atoms with Crippen LogP contribution in [0.1, 0.15) is 93.7 Å². The number of nitrogens with two attached hydrogens (primary N) is 1. The summed E-state index contributed by atoms with van der Waals surface area (Å²) in [7, 11) is -3.76. The Labute approximate surface area is 336 Å². The van der Waals surface area contributed by atoms with Crippen molar-refractivity contribution in [1.82, 2.24) is 34.8 Å². The highest BCUT2D eigenvalue weighted by molar-refractivity contribution is 7.99. The van der Waals surface area contributed by atoms with Crippen molar-refractivity contribution in [1.29, 1.82) is 0 Å². The van der Waals surface area contributed by atoms with E-state index in [1.807, 2.05) is 0 Å². The van der Waals surface area contributed by atoms with E-state index in [-0.39, 0.29) is 47.6 Å². The number of likely N-dealkylation sites (tertiary alicyclic amines) is 1. The third-order valence-electron chi connectivity index (χ3n) is 12.3. The predicted molar refractivity (Wildman–Crippen MR) is 207 cm³/mol. The average Bonchev–Trinajstić information content (AvgIpc) is 3.82. The number of ether oxygens (including phenoxy) is 1. The number of ketones is 1. The molecule has 1 aromatic carbocycles. The van der Waals surface area contributed by atoms with Crippen LogP contribution >= 0.6 is 11.8 Å². The van der Waals surface area contributed by atoms with Gasteiger partial charge >= 0.3 is 0 Å². The molecule has 7 rings (SSSR count). The minimum absolute atomic E-state index is 0.0243. The van der Waals surface area contributed by atoms with E-state index in [1.54, 1.807) is 25.6 Å². The first-order valence-electron chi connectivity index (χ1n) is 19.7. The SMILES string of the molecule is CC(C)(O)c1cnnn1[C@H]1C[C@@H](C(=O)NC2(C(=O)C(N)=O)CCSCC2)N(C(=O)[C@@H](CC2CCCCC2)NC(=O)c2ccc(S(=O)(=O)N3CC4(COC4)C3)cc2)C1. The molecule has 5 N–H and O–H groups in total. The van der Waals surface area contributed by atoms with Crippen molar-refractivity contribution in [3.05, 3.63) is 41.7 Å².